The minimum atomic E-state index is -0.839. The average Bonchev–Trinajstić information content (AvgIpc) is 2.40. The molecule has 78 valence electrons. The number of hydrogen-bond donors (Lipinski definition) is 1. The first-order valence-corrected chi connectivity index (χ1v) is 5.86. The lowest BCUT2D eigenvalue weighted by Crippen LogP contribution is -2.06. The van der Waals surface area contributed by atoms with Crippen molar-refractivity contribution < 1.29 is 9.90 Å². The second-order valence-corrected chi connectivity index (χ2v) is 4.22. The van der Waals surface area contributed by atoms with E-state index in [0.717, 1.165) is 23.7 Å². The summed E-state index contributed by atoms with van der Waals surface area (Å²) in [5, 5.41) is 8.91. The van der Waals surface area contributed by atoms with Gasteiger partial charge in [-0.1, -0.05) is 0 Å². The average molecular weight is 213 g/mol. The lowest BCUT2D eigenvalue weighted by atomic mass is 10.2. The summed E-state index contributed by atoms with van der Waals surface area (Å²) in [6, 6.07) is 1.73. The third kappa shape index (κ3) is 2.12. The van der Waals surface area contributed by atoms with E-state index < -0.39 is 5.97 Å². The Kier molecular flexibility index (Phi) is 3.63. The van der Waals surface area contributed by atoms with Crippen LogP contribution in [0.1, 0.15) is 21.7 Å². The fraction of sp³-hybridized carbons (Fsp3) is 0.500. The molecular weight excluding hydrogens is 198 g/mol. The van der Waals surface area contributed by atoms with E-state index >= 15 is 0 Å². The fourth-order valence-corrected chi connectivity index (χ4v) is 1.91. The Hall–Kier alpha value is -0.900. The number of hydrogen-bond acceptors (Lipinski definition) is 2. The highest BCUT2D eigenvalue weighted by atomic mass is 32.2. The van der Waals surface area contributed by atoms with E-state index in [1.165, 1.54) is 0 Å². The van der Waals surface area contributed by atoms with Crippen LogP contribution in [0.15, 0.2) is 6.07 Å². The van der Waals surface area contributed by atoms with Gasteiger partial charge < -0.3 is 9.67 Å². The topological polar surface area (TPSA) is 42.2 Å². The summed E-state index contributed by atoms with van der Waals surface area (Å²) in [5.41, 5.74) is 2.29. The number of thioether (sulfide) groups is 1. The van der Waals surface area contributed by atoms with Crippen molar-refractivity contribution >= 4 is 17.7 Å². The van der Waals surface area contributed by atoms with Gasteiger partial charge in [0.05, 0.1) is 5.56 Å². The largest absolute Gasteiger partial charge is 0.478 e. The standard InChI is InChI=1S/C10H15NO2S/c1-7-6-9(10(12)13)8(2)11(7)4-5-14-3/h6H,4-5H2,1-3H3,(H,12,13). The summed E-state index contributed by atoms with van der Waals surface area (Å²) in [6.45, 7) is 4.68. The zero-order chi connectivity index (χ0) is 10.7. The minimum absolute atomic E-state index is 0.420. The smallest absolute Gasteiger partial charge is 0.337 e. The van der Waals surface area contributed by atoms with Crippen molar-refractivity contribution in [1.29, 1.82) is 0 Å². The number of carbonyl (C=O) groups is 1. The summed E-state index contributed by atoms with van der Waals surface area (Å²) < 4.78 is 2.06. The first-order valence-electron chi connectivity index (χ1n) is 4.47. The van der Waals surface area contributed by atoms with Crippen LogP contribution >= 0.6 is 11.8 Å². The Morgan fingerprint density at radius 2 is 2.21 bits per heavy atom. The van der Waals surface area contributed by atoms with E-state index in [9.17, 15) is 4.79 Å². The highest BCUT2D eigenvalue weighted by Gasteiger charge is 2.13. The third-order valence-electron chi connectivity index (χ3n) is 2.32. The number of aromatic carboxylic acids is 1. The Bertz CT molecular complexity index is 344. The number of carboxylic acid groups (broad SMARTS) is 1. The van der Waals surface area contributed by atoms with Gasteiger partial charge in [-0.05, 0) is 26.2 Å². The lowest BCUT2D eigenvalue weighted by Gasteiger charge is -2.07. The second-order valence-electron chi connectivity index (χ2n) is 3.23. The normalized spacial score (nSPS) is 10.5. The Morgan fingerprint density at radius 1 is 1.57 bits per heavy atom. The molecule has 0 unspecified atom stereocenters. The van der Waals surface area contributed by atoms with Gasteiger partial charge >= 0.3 is 5.97 Å². The number of rotatable bonds is 4. The maximum absolute atomic E-state index is 10.8. The molecule has 0 aromatic carbocycles. The van der Waals surface area contributed by atoms with Crippen LogP contribution in [0, 0.1) is 13.8 Å². The molecule has 0 saturated carbocycles. The number of aromatic nitrogens is 1. The molecular formula is C10H15NO2S. The molecule has 0 aliphatic rings. The second kappa shape index (κ2) is 4.55. The van der Waals surface area contributed by atoms with Crippen molar-refractivity contribution in [2.24, 2.45) is 0 Å². The predicted molar refractivity (Wildman–Crippen MR) is 59.2 cm³/mol. The van der Waals surface area contributed by atoms with Crippen molar-refractivity contribution in [3.05, 3.63) is 23.0 Å². The van der Waals surface area contributed by atoms with E-state index in [-0.39, 0.29) is 0 Å². The molecule has 1 rings (SSSR count). The van der Waals surface area contributed by atoms with Gasteiger partial charge in [-0.3, -0.25) is 0 Å². The summed E-state index contributed by atoms with van der Waals surface area (Å²) in [7, 11) is 0. The molecule has 0 bridgehead atoms. The third-order valence-corrected chi connectivity index (χ3v) is 2.91. The summed E-state index contributed by atoms with van der Waals surface area (Å²) >= 11 is 1.76. The van der Waals surface area contributed by atoms with E-state index in [4.69, 9.17) is 5.11 Å². The molecule has 0 amide bonds. The van der Waals surface area contributed by atoms with Gasteiger partial charge in [-0.15, -0.1) is 0 Å². The Morgan fingerprint density at radius 3 is 2.64 bits per heavy atom. The molecule has 3 nitrogen and oxygen atoms in total. The van der Waals surface area contributed by atoms with E-state index in [0.29, 0.717) is 5.56 Å². The van der Waals surface area contributed by atoms with Crippen LogP contribution in [0.25, 0.3) is 0 Å². The molecule has 0 fully saturated rings. The van der Waals surface area contributed by atoms with Crippen LogP contribution in [-0.4, -0.2) is 27.7 Å². The molecule has 4 heteroatoms. The van der Waals surface area contributed by atoms with Gasteiger partial charge in [0.15, 0.2) is 0 Å². The van der Waals surface area contributed by atoms with Gasteiger partial charge in [0, 0.05) is 23.7 Å². The minimum Gasteiger partial charge on any atom is -0.478 e. The van der Waals surface area contributed by atoms with Crippen LogP contribution < -0.4 is 0 Å². The summed E-state index contributed by atoms with van der Waals surface area (Å²) in [6.07, 6.45) is 2.05. The number of aryl methyl sites for hydroxylation is 1. The van der Waals surface area contributed by atoms with Gasteiger partial charge in [-0.2, -0.15) is 11.8 Å². The monoisotopic (exact) mass is 213 g/mol. The molecule has 1 aromatic rings. The van der Waals surface area contributed by atoms with Crippen molar-refractivity contribution in [2.75, 3.05) is 12.0 Å². The predicted octanol–water partition coefficient (Wildman–Crippen LogP) is 2.17. The Balaban J connectivity index is 2.99. The highest BCUT2D eigenvalue weighted by molar-refractivity contribution is 7.98. The highest BCUT2D eigenvalue weighted by Crippen LogP contribution is 2.15. The van der Waals surface area contributed by atoms with E-state index in [1.54, 1.807) is 17.8 Å². The summed E-state index contributed by atoms with van der Waals surface area (Å²) in [4.78, 5) is 10.8. The van der Waals surface area contributed by atoms with Crippen molar-refractivity contribution in [3.8, 4) is 0 Å². The zero-order valence-electron chi connectivity index (χ0n) is 8.70. The van der Waals surface area contributed by atoms with Gasteiger partial charge in [-0.25, -0.2) is 4.79 Å². The molecule has 0 atom stereocenters. The Labute approximate surface area is 88.1 Å². The molecule has 0 aliphatic carbocycles. The van der Waals surface area contributed by atoms with Crippen LogP contribution in [-0.2, 0) is 6.54 Å². The van der Waals surface area contributed by atoms with Crippen molar-refractivity contribution in [2.45, 2.75) is 20.4 Å². The van der Waals surface area contributed by atoms with Gasteiger partial charge in [0.2, 0.25) is 0 Å². The van der Waals surface area contributed by atoms with Crippen LogP contribution in [0.3, 0.4) is 0 Å². The van der Waals surface area contributed by atoms with E-state index in [2.05, 4.69) is 4.57 Å². The first-order chi connectivity index (χ1) is 6.57. The van der Waals surface area contributed by atoms with Crippen LogP contribution in [0.2, 0.25) is 0 Å². The quantitative estimate of drug-likeness (QED) is 0.833. The molecule has 1 N–H and O–H groups in total. The summed E-state index contributed by atoms with van der Waals surface area (Å²) in [5.74, 6) is 0.170. The van der Waals surface area contributed by atoms with Gasteiger partial charge in [0.25, 0.3) is 0 Å². The molecule has 1 heterocycles. The van der Waals surface area contributed by atoms with Crippen LogP contribution in [0.4, 0.5) is 0 Å². The molecule has 0 spiro atoms. The van der Waals surface area contributed by atoms with Gasteiger partial charge in [0.1, 0.15) is 0 Å². The molecule has 0 radical (unpaired) electrons. The van der Waals surface area contributed by atoms with E-state index in [1.807, 2.05) is 20.1 Å². The number of nitrogens with zero attached hydrogens (tertiary/aromatic N) is 1. The molecule has 1 aromatic heterocycles. The van der Waals surface area contributed by atoms with Crippen molar-refractivity contribution in [1.82, 2.24) is 4.57 Å². The van der Waals surface area contributed by atoms with Crippen molar-refractivity contribution in [3.63, 3.8) is 0 Å². The zero-order valence-corrected chi connectivity index (χ0v) is 9.52. The SMILES string of the molecule is CSCCn1c(C)cc(C(=O)O)c1C. The maximum atomic E-state index is 10.8. The van der Waals surface area contributed by atoms with Crippen LogP contribution in [0.5, 0.6) is 0 Å². The molecule has 14 heavy (non-hydrogen) atoms. The first kappa shape index (κ1) is 11.2. The number of carboxylic acids is 1. The molecule has 0 aliphatic heterocycles. The maximum Gasteiger partial charge on any atom is 0.337 e. The lowest BCUT2D eigenvalue weighted by molar-refractivity contribution is 0.0696. The molecule has 0 saturated heterocycles. The fourth-order valence-electron chi connectivity index (χ4n) is 1.54.